The fourth-order valence-corrected chi connectivity index (χ4v) is 2.18. The van der Waals surface area contributed by atoms with Crippen molar-refractivity contribution < 1.29 is 9.59 Å². The van der Waals surface area contributed by atoms with Crippen LogP contribution in [0.4, 0.5) is 11.4 Å². The van der Waals surface area contributed by atoms with Gasteiger partial charge in [0, 0.05) is 18.7 Å². The van der Waals surface area contributed by atoms with Crippen LogP contribution in [0, 0.1) is 5.92 Å². The lowest BCUT2D eigenvalue weighted by Crippen LogP contribution is -2.27. The number of nitrogen functional groups attached to an aromatic ring is 1. The zero-order chi connectivity index (χ0) is 13.3. The molecule has 2 amide bonds. The molecule has 1 unspecified atom stereocenters. The Balaban J connectivity index is 2.26. The van der Waals surface area contributed by atoms with Crippen molar-refractivity contribution in [1.29, 1.82) is 0 Å². The molecule has 18 heavy (non-hydrogen) atoms. The lowest BCUT2D eigenvalue weighted by atomic mass is 10.1. The minimum atomic E-state index is -0.498. The summed E-state index contributed by atoms with van der Waals surface area (Å²) in [5.74, 6) is -0.967. The van der Waals surface area contributed by atoms with Gasteiger partial charge in [0.15, 0.2) is 0 Å². The molecular formula is C12H16N4O2. The van der Waals surface area contributed by atoms with Crippen LogP contribution < -0.4 is 22.1 Å². The molecule has 96 valence electrons. The standard InChI is InChI=1S/C12H16N4O2/c13-9-2-1-7(11(14)17)5-10(9)16-4-3-8(6-16)12(15)18/h1-2,5,8H,3-4,6,13H2,(H2,14,17)(H2,15,18). The number of hydrogen-bond donors (Lipinski definition) is 3. The number of benzene rings is 1. The lowest BCUT2D eigenvalue weighted by Gasteiger charge is -2.20. The van der Waals surface area contributed by atoms with Crippen LogP contribution in [0.25, 0.3) is 0 Å². The molecule has 6 heteroatoms. The van der Waals surface area contributed by atoms with Gasteiger partial charge in [0.2, 0.25) is 11.8 Å². The highest BCUT2D eigenvalue weighted by Crippen LogP contribution is 2.29. The largest absolute Gasteiger partial charge is 0.397 e. The summed E-state index contributed by atoms with van der Waals surface area (Å²) in [4.78, 5) is 24.2. The van der Waals surface area contributed by atoms with Crippen molar-refractivity contribution in [3.63, 3.8) is 0 Å². The normalized spacial score (nSPS) is 18.9. The van der Waals surface area contributed by atoms with Crippen LogP contribution in [0.3, 0.4) is 0 Å². The molecule has 0 aromatic heterocycles. The van der Waals surface area contributed by atoms with Gasteiger partial charge in [0.05, 0.1) is 17.3 Å². The molecule has 1 atom stereocenters. The Bertz CT molecular complexity index is 501. The Kier molecular flexibility index (Phi) is 3.10. The number of anilines is 2. The maximum atomic E-state index is 11.1. The number of hydrogen-bond acceptors (Lipinski definition) is 4. The van der Waals surface area contributed by atoms with Gasteiger partial charge < -0.3 is 22.1 Å². The zero-order valence-electron chi connectivity index (χ0n) is 9.93. The second-order valence-electron chi connectivity index (χ2n) is 4.47. The van der Waals surface area contributed by atoms with E-state index in [4.69, 9.17) is 17.2 Å². The lowest BCUT2D eigenvalue weighted by molar-refractivity contribution is -0.121. The molecule has 0 radical (unpaired) electrons. The van der Waals surface area contributed by atoms with E-state index in [2.05, 4.69) is 0 Å². The summed E-state index contributed by atoms with van der Waals surface area (Å²) in [6.07, 6.45) is 0.704. The van der Waals surface area contributed by atoms with Crippen LogP contribution in [-0.2, 0) is 4.79 Å². The molecule has 0 saturated carbocycles. The van der Waals surface area contributed by atoms with Crippen LogP contribution in [-0.4, -0.2) is 24.9 Å². The van der Waals surface area contributed by atoms with E-state index in [1.807, 2.05) is 4.90 Å². The van der Waals surface area contributed by atoms with E-state index >= 15 is 0 Å². The van der Waals surface area contributed by atoms with E-state index in [0.29, 0.717) is 30.8 Å². The van der Waals surface area contributed by atoms with Crippen LogP contribution >= 0.6 is 0 Å². The average Bonchev–Trinajstić information content (AvgIpc) is 2.78. The third kappa shape index (κ3) is 2.22. The fraction of sp³-hybridized carbons (Fsp3) is 0.333. The maximum Gasteiger partial charge on any atom is 0.248 e. The number of primary amides is 2. The molecule has 0 spiro atoms. The first-order valence-corrected chi connectivity index (χ1v) is 5.72. The maximum absolute atomic E-state index is 11.1. The number of carbonyl (C=O) groups is 2. The van der Waals surface area contributed by atoms with E-state index in [-0.39, 0.29) is 11.8 Å². The second kappa shape index (κ2) is 4.56. The van der Waals surface area contributed by atoms with Crippen molar-refractivity contribution in [1.82, 2.24) is 0 Å². The van der Waals surface area contributed by atoms with E-state index < -0.39 is 5.91 Å². The van der Waals surface area contributed by atoms with Gasteiger partial charge in [-0.1, -0.05) is 0 Å². The molecule has 0 aliphatic carbocycles. The van der Waals surface area contributed by atoms with Crippen molar-refractivity contribution in [3.8, 4) is 0 Å². The van der Waals surface area contributed by atoms with Crippen molar-refractivity contribution in [3.05, 3.63) is 23.8 Å². The molecule has 1 saturated heterocycles. The topological polar surface area (TPSA) is 115 Å². The highest BCUT2D eigenvalue weighted by Gasteiger charge is 2.27. The Morgan fingerprint density at radius 2 is 2.00 bits per heavy atom. The Morgan fingerprint density at radius 3 is 2.56 bits per heavy atom. The minimum absolute atomic E-state index is 0.165. The van der Waals surface area contributed by atoms with Gasteiger partial charge in [-0.3, -0.25) is 9.59 Å². The van der Waals surface area contributed by atoms with Gasteiger partial charge in [-0.2, -0.15) is 0 Å². The summed E-state index contributed by atoms with van der Waals surface area (Å²) in [5, 5.41) is 0. The molecular weight excluding hydrogens is 232 g/mol. The number of carbonyl (C=O) groups excluding carboxylic acids is 2. The highest BCUT2D eigenvalue weighted by atomic mass is 16.1. The predicted octanol–water partition coefficient (Wildman–Crippen LogP) is -0.321. The van der Waals surface area contributed by atoms with E-state index in [0.717, 1.165) is 5.69 Å². The number of nitrogens with two attached hydrogens (primary N) is 3. The molecule has 1 aliphatic heterocycles. The van der Waals surface area contributed by atoms with Gasteiger partial charge in [-0.25, -0.2) is 0 Å². The summed E-state index contributed by atoms with van der Waals surface area (Å²) < 4.78 is 0. The number of amides is 2. The predicted molar refractivity (Wildman–Crippen MR) is 68.9 cm³/mol. The van der Waals surface area contributed by atoms with Gasteiger partial charge in [0.1, 0.15) is 0 Å². The molecule has 1 aromatic carbocycles. The van der Waals surface area contributed by atoms with Crippen molar-refractivity contribution >= 4 is 23.2 Å². The second-order valence-corrected chi connectivity index (χ2v) is 4.47. The van der Waals surface area contributed by atoms with Gasteiger partial charge in [-0.05, 0) is 24.6 Å². The SMILES string of the molecule is NC(=O)c1ccc(N)c(N2CCC(C(N)=O)C2)c1. The van der Waals surface area contributed by atoms with Crippen LogP contribution in [0.2, 0.25) is 0 Å². The van der Waals surface area contributed by atoms with Crippen molar-refractivity contribution in [2.24, 2.45) is 17.4 Å². The van der Waals surface area contributed by atoms with E-state index in [9.17, 15) is 9.59 Å². The quantitative estimate of drug-likeness (QED) is 0.635. The molecule has 0 bridgehead atoms. The summed E-state index contributed by atoms with van der Waals surface area (Å²) in [6, 6.07) is 4.89. The summed E-state index contributed by atoms with van der Waals surface area (Å²) >= 11 is 0. The Labute approximate surface area is 105 Å². The monoisotopic (exact) mass is 248 g/mol. The fourth-order valence-electron chi connectivity index (χ4n) is 2.18. The zero-order valence-corrected chi connectivity index (χ0v) is 9.93. The Morgan fingerprint density at radius 1 is 1.28 bits per heavy atom. The number of rotatable bonds is 3. The van der Waals surface area contributed by atoms with Gasteiger partial charge in [0.25, 0.3) is 0 Å². The minimum Gasteiger partial charge on any atom is -0.397 e. The summed E-state index contributed by atoms with van der Waals surface area (Å²) in [5.41, 5.74) is 18.1. The van der Waals surface area contributed by atoms with Gasteiger partial charge in [-0.15, -0.1) is 0 Å². The molecule has 2 rings (SSSR count). The molecule has 6 nitrogen and oxygen atoms in total. The molecule has 1 heterocycles. The summed E-state index contributed by atoms with van der Waals surface area (Å²) in [6.45, 7) is 1.22. The molecule has 1 fully saturated rings. The van der Waals surface area contributed by atoms with E-state index in [1.54, 1.807) is 18.2 Å². The highest BCUT2D eigenvalue weighted by molar-refractivity contribution is 5.95. The number of nitrogens with zero attached hydrogens (tertiary/aromatic N) is 1. The first kappa shape index (κ1) is 12.2. The first-order chi connectivity index (χ1) is 8.49. The summed E-state index contributed by atoms with van der Waals surface area (Å²) in [7, 11) is 0. The van der Waals surface area contributed by atoms with E-state index in [1.165, 1.54) is 0 Å². The van der Waals surface area contributed by atoms with Crippen LogP contribution in [0.5, 0.6) is 0 Å². The molecule has 1 aliphatic rings. The molecule has 1 aromatic rings. The third-order valence-electron chi connectivity index (χ3n) is 3.25. The van der Waals surface area contributed by atoms with Gasteiger partial charge >= 0.3 is 0 Å². The van der Waals surface area contributed by atoms with Crippen molar-refractivity contribution in [2.45, 2.75) is 6.42 Å². The third-order valence-corrected chi connectivity index (χ3v) is 3.25. The smallest absolute Gasteiger partial charge is 0.248 e. The van der Waals surface area contributed by atoms with Crippen molar-refractivity contribution in [2.75, 3.05) is 23.7 Å². The average molecular weight is 248 g/mol. The Hall–Kier alpha value is -2.24. The first-order valence-electron chi connectivity index (χ1n) is 5.72. The van der Waals surface area contributed by atoms with Crippen LogP contribution in [0.15, 0.2) is 18.2 Å². The molecule has 6 N–H and O–H groups in total. The van der Waals surface area contributed by atoms with Crippen LogP contribution in [0.1, 0.15) is 16.8 Å².